The van der Waals surface area contributed by atoms with E-state index in [0.717, 1.165) is 18.5 Å². The number of rotatable bonds is 4. The molecule has 5 nitrogen and oxygen atoms in total. The number of primary amides is 1. The highest BCUT2D eigenvalue weighted by Crippen LogP contribution is 2.06. The van der Waals surface area contributed by atoms with Crippen LogP contribution in [0.25, 0.3) is 6.08 Å². The predicted octanol–water partition coefficient (Wildman–Crippen LogP) is 0.719. The molecule has 5 heteroatoms. The van der Waals surface area contributed by atoms with Gasteiger partial charge in [-0.05, 0) is 18.1 Å². The van der Waals surface area contributed by atoms with Gasteiger partial charge in [0.2, 0.25) is 11.8 Å². The molecule has 0 spiro atoms. The first-order valence-corrected chi connectivity index (χ1v) is 7.18. The second-order valence-electron chi connectivity index (χ2n) is 5.17. The van der Waals surface area contributed by atoms with Gasteiger partial charge < -0.3 is 10.6 Å². The SMILES string of the molecule is NC(=O)CN1CCCN(C(=O)/C=C\c2ccccc2)CC1. The molecule has 21 heavy (non-hydrogen) atoms. The maximum atomic E-state index is 12.2. The zero-order valence-corrected chi connectivity index (χ0v) is 12.1. The van der Waals surface area contributed by atoms with Crippen molar-refractivity contribution in [3.8, 4) is 0 Å². The van der Waals surface area contributed by atoms with Crippen molar-refractivity contribution in [1.29, 1.82) is 0 Å². The Balaban J connectivity index is 1.88. The maximum absolute atomic E-state index is 12.2. The molecule has 1 aliphatic heterocycles. The van der Waals surface area contributed by atoms with Crippen molar-refractivity contribution in [3.05, 3.63) is 42.0 Å². The van der Waals surface area contributed by atoms with Gasteiger partial charge in [0.1, 0.15) is 0 Å². The summed E-state index contributed by atoms with van der Waals surface area (Å²) in [7, 11) is 0. The van der Waals surface area contributed by atoms with Crippen LogP contribution in [-0.2, 0) is 9.59 Å². The fourth-order valence-electron chi connectivity index (χ4n) is 2.41. The van der Waals surface area contributed by atoms with E-state index in [1.54, 1.807) is 6.08 Å². The van der Waals surface area contributed by atoms with Crippen molar-refractivity contribution in [1.82, 2.24) is 9.80 Å². The highest BCUT2D eigenvalue weighted by molar-refractivity contribution is 5.91. The van der Waals surface area contributed by atoms with Crippen LogP contribution in [0.4, 0.5) is 0 Å². The maximum Gasteiger partial charge on any atom is 0.246 e. The smallest absolute Gasteiger partial charge is 0.246 e. The summed E-state index contributed by atoms with van der Waals surface area (Å²) >= 11 is 0. The van der Waals surface area contributed by atoms with E-state index in [-0.39, 0.29) is 18.4 Å². The van der Waals surface area contributed by atoms with E-state index in [9.17, 15) is 9.59 Å². The standard InChI is InChI=1S/C16H21N3O2/c17-15(20)13-18-9-4-10-19(12-11-18)16(21)8-7-14-5-2-1-3-6-14/h1-3,5-8H,4,9-13H2,(H2,17,20)/b8-7-. The summed E-state index contributed by atoms with van der Waals surface area (Å²) in [5, 5.41) is 0. The van der Waals surface area contributed by atoms with Gasteiger partial charge in [-0.1, -0.05) is 30.3 Å². The van der Waals surface area contributed by atoms with Crippen LogP contribution in [0.3, 0.4) is 0 Å². The summed E-state index contributed by atoms with van der Waals surface area (Å²) in [4.78, 5) is 26.9. The monoisotopic (exact) mass is 287 g/mol. The fraction of sp³-hybridized carbons (Fsp3) is 0.375. The highest BCUT2D eigenvalue weighted by Gasteiger charge is 2.18. The summed E-state index contributed by atoms with van der Waals surface area (Å²) in [5.74, 6) is -0.307. The van der Waals surface area contributed by atoms with E-state index in [1.165, 1.54) is 0 Å². The molecule has 1 aromatic rings. The number of hydrogen-bond donors (Lipinski definition) is 1. The number of benzene rings is 1. The Labute approximate surface area is 125 Å². The molecule has 1 heterocycles. The molecular formula is C16H21N3O2. The lowest BCUT2D eigenvalue weighted by molar-refractivity contribution is -0.125. The van der Waals surface area contributed by atoms with E-state index in [4.69, 9.17) is 5.73 Å². The summed E-state index contributed by atoms with van der Waals surface area (Å²) in [5.41, 5.74) is 6.22. The molecule has 0 unspecified atom stereocenters. The minimum absolute atomic E-state index is 0.0137. The summed E-state index contributed by atoms with van der Waals surface area (Å²) < 4.78 is 0. The molecule has 0 bridgehead atoms. The van der Waals surface area contributed by atoms with Crippen LogP contribution >= 0.6 is 0 Å². The van der Waals surface area contributed by atoms with Crippen molar-refractivity contribution in [2.24, 2.45) is 5.73 Å². The van der Waals surface area contributed by atoms with Crippen LogP contribution in [-0.4, -0.2) is 54.3 Å². The molecule has 2 rings (SSSR count). The number of hydrogen-bond acceptors (Lipinski definition) is 3. The predicted molar refractivity (Wildman–Crippen MR) is 82.3 cm³/mol. The molecule has 0 atom stereocenters. The first kappa shape index (κ1) is 15.3. The van der Waals surface area contributed by atoms with Gasteiger partial charge in [0.05, 0.1) is 6.54 Å². The van der Waals surface area contributed by atoms with E-state index < -0.39 is 0 Å². The Bertz CT molecular complexity index is 514. The van der Waals surface area contributed by atoms with Crippen molar-refractivity contribution >= 4 is 17.9 Å². The molecule has 1 aliphatic rings. The molecule has 112 valence electrons. The van der Waals surface area contributed by atoms with Gasteiger partial charge in [-0.3, -0.25) is 14.5 Å². The van der Waals surface area contributed by atoms with Crippen LogP contribution in [0.1, 0.15) is 12.0 Å². The quantitative estimate of drug-likeness (QED) is 0.830. The number of nitrogens with zero attached hydrogens (tertiary/aromatic N) is 2. The minimum atomic E-state index is -0.321. The van der Waals surface area contributed by atoms with Crippen LogP contribution in [0.15, 0.2) is 36.4 Å². The number of amides is 2. The Morgan fingerprint density at radius 3 is 2.57 bits per heavy atom. The Morgan fingerprint density at radius 2 is 1.86 bits per heavy atom. The first-order chi connectivity index (χ1) is 10.1. The molecule has 1 aromatic carbocycles. The van der Waals surface area contributed by atoms with Gasteiger partial charge in [0.25, 0.3) is 0 Å². The number of carbonyl (C=O) groups excluding carboxylic acids is 2. The van der Waals surface area contributed by atoms with Crippen LogP contribution in [0.5, 0.6) is 0 Å². The van der Waals surface area contributed by atoms with Gasteiger partial charge in [0, 0.05) is 32.3 Å². The highest BCUT2D eigenvalue weighted by atomic mass is 16.2. The van der Waals surface area contributed by atoms with E-state index in [0.29, 0.717) is 19.6 Å². The van der Waals surface area contributed by atoms with Gasteiger partial charge in [-0.25, -0.2) is 0 Å². The van der Waals surface area contributed by atoms with E-state index >= 15 is 0 Å². The normalized spacial score (nSPS) is 16.9. The number of carbonyl (C=O) groups is 2. The third-order valence-electron chi connectivity index (χ3n) is 3.50. The largest absolute Gasteiger partial charge is 0.369 e. The first-order valence-electron chi connectivity index (χ1n) is 7.18. The summed E-state index contributed by atoms with van der Waals surface area (Å²) in [6.07, 6.45) is 4.30. The molecular weight excluding hydrogens is 266 g/mol. The fourth-order valence-corrected chi connectivity index (χ4v) is 2.41. The van der Waals surface area contributed by atoms with Crippen molar-refractivity contribution in [2.75, 3.05) is 32.7 Å². The average molecular weight is 287 g/mol. The molecule has 0 saturated carbocycles. The van der Waals surface area contributed by atoms with Crippen LogP contribution < -0.4 is 5.73 Å². The molecule has 0 radical (unpaired) electrons. The van der Waals surface area contributed by atoms with Gasteiger partial charge in [-0.15, -0.1) is 0 Å². The lowest BCUT2D eigenvalue weighted by Gasteiger charge is -2.19. The molecule has 0 aromatic heterocycles. The van der Waals surface area contributed by atoms with Crippen molar-refractivity contribution < 1.29 is 9.59 Å². The summed E-state index contributed by atoms with van der Waals surface area (Å²) in [6, 6.07) is 9.75. The molecule has 1 fully saturated rings. The van der Waals surface area contributed by atoms with Gasteiger partial charge in [-0.2, -0.15) is 0 Å². The lowest BCUT2D eigenvalue weighted by atomic mass is 10.2. The summed E-state index contributed by atoms with van der Waals surface area (Å²) in [6.45, 7) is 3.10. The van der Waals surface area contributed by atoms with Gasteiger partial charge >= 0.3 is 0 Å². The van der Waals surface area contributed by atoms with E-state index in [2.05, 4.69) is 0 Å². The zero-order chi connectivity index (χ0) is 15.1. The molecule has 0 aliphatic carbocycles. The number of nitrogens with two attached hydrogens (primary N) is 1. The zero-order valence-electron chi connectivity index (χ0n) is 12.1. The average Bonchev–Trinajstić information content (AvgIpc) is 2.71. The minimum Gasteiger partial charge on any atom is -0.369 e. The third-order valence-corrected chi connectivity index (χ3v) is 3.50. The molecule has 2 amide bonds. The molecule has 1 saturated heterocycles. The van der Waals surface area contributed by atoms with Crippen molar-refractivity contribution in [2.45, 2.75) is 6.42 Å². The Morgan fingerprint density at radius 1 is 1.10 bits per heavy atom. The second kappa shape index (κ2) is 7.59. The lowest BCUT2D eigenvalue weighted by Crippen LogP contribution is -2.37. The topological polar surface area (TPSA) is 66.6 Å². The second-order valence-corrected chi connectivity index (χ2v) is 5.17. The van der Waals surface area contributed by atoms with Gasteiger partial charge in [0.15, 0.2) is 0 Å². The van der Waals surface area contributed by atoms with Crippen molar-refractivity contribution in [3.63, 3.8) is 0 Å². The molecule has 2 N–H and O–H groups in total. The Kier molecular flexibility index (Phi) is 5.51. The third kappa shape index (κ3) is 5.04. The van der Waals surface area contributed by atoms with Crippen LogP contribution in [0, 0.1) is 0 Å². The Hall–Kier alpha value is -2.14. The van der Waals surface area contributed by atoms with Crippen LogP contribution in [0.2, 0.25) is 0 Å². The van der Waals surface area contributed by atoms with E-state index in [1.807, 2.05) is 46.2 Å².